The fourth-order valence-electron chi connectivity index (χ4n) is 3.14. The molecule has 0 radical (unpaired) electrons. The number of hydrogen-bond donors (Lipinski definition) is 1. The third kappa shape index (κ3) is 28.4. The van der Waals surface area contributed by atoms with E-state index in [1.165, 1.54) is 102 Å². The van der Waals surface area contributed by atoms with Crippen molar-refractivity contribution in [3.63, 3.8) is 0 Å². The molecule has 1 N–H and O–H groups in total. The smallest absolute Gasteiger partial charge is 0.333 e. The van der Waals surface area contributed by atoms with Gasteiger partial charge in [-0.3, -0.25) is 0 Å². The highest BCUT2D eigenvalue weighted by Crippen LogP contribution is 2.13. The summed E-state index contributed by atoms with van der Waals surface area (Å²) in [4.78, 5) is 21.3. The Morgan fingerprint density at radius 2 is 1.12 bits per heavy atom. The summed E-state index contributed by atoms with van der Waals surface area (Å²) in [5.41, 5.74) is 0.350. The standard InChI is InChI=1S/C21H40O2.C6H10O3/c1-3-5-6-7-8-9-10-11-12-13-14-15-16-17-18-19-20-23-21(22)4-2;1-5(2)6(8)9-4-3-7/h4H,2-3,5-20H2,1H3;7H,1,3-4H2,2H3. The van der Waals surface area contributed by atoms with E-state index < -0.39 is 5.97 Å². The second kappa shape index (κ2) is 27.4. The molecule has 5 nitrogen and oxygen atoms in total. The molecule has 0 rings (SSSR count). The summed E-state index contributed by atoms with van der Waals surface area (Å²) < 4.78 is 9.42. The Hall–Kier alpha value is -1.62. The van der Waals surface area contributed by atoms with E-state index in [-0.39, 0.29) is 19.2 Å². The lowest BCUT2D eigenvalue weighted by Gasteiger charge is -2.04. The molecule has 0 atom stereocenters. The van der Waals surface area contributed by atoms with Crippen molar-refractivity contribution in [2.24, 2.45) is 0 Å². The number of aliphatic hydroxyl groups excluding tert-OH is 1. The van der Waals surface area contributed by atoms with Crippen LogP contribution in [0, 0.1) is 0 Å². The van der Waals surface area contributed by atoms with E-state index in [9.17, 15) is 9.59 Å². The van der Waals surface area contributed by atoms with Crippen LogP contribution in [0.5, 0.6) is 0 Å². The van der Waals surface area contributed by atoms with Crippen LogP contribution < -0.4 is 0 Å². The van der Waals surface area contributed by atoms with Gasteiger partial charge in [0, 0.05) is 11.6 Å². The van der Waals surface area contributed by atoms with Crippen LogP contribution in [-0.2, 0) is 19.1 Å². The van der Waals surface area contributed by atoms with E-state index in [1.54, 1.807) is 6.92 Å². The van der Waals surface area contributed by atoms with Gasteiger partial charge in [-0.05, 0) is 13.3 Å². The molecule has 0 aromatic carbocycles. The van der Waals surface area contributed by atoms with Gasteiger partial charge in [-0.2, -0.15) is 0 Å². The Balaban J connectivity index is 0. The van der Waals surface area contributed by atoms with Crippen LogP contribution in [-0.4, -0.2) is 36.9 Å². The lowest BCUT2D eigenvalue weighted by Crippen LogP contribution is -2.08. The van der Waals surface area contributed by atoms with Crippen LogP contribution in [0.2, 0.25) is 0 Å². The van der Waals surface area contributed by atoms with E-state index in [0.717, 1.165) is 6.42 Å². The maximum Gasteiger partial charge on any atom is 0.333 e. The van der Waals surface area contributed by atoms with Crippen molar-refractivity contribution in [1.82, 2.24) is 0 Å². The maximum absolute atomic E-state index is 10.8. The molecular weight excluding hydrogens is 404 g/mol. The average molecular weight is 455 g/mol. The first-order chi connectivity index (χ1) is 15.5. The predicted octanol–water partition coefficient (Wildman–Crippen LogP) is 7.08. The molecule has 0 saturated carbocycles. The highest BCUT2D eigenvalue weighted by atomic mass is 16.5. The number of carbonyl (C=O) groups excluding carboxylic acids is 2. The van der Waals surface area contributed by atoms with Gasteiger partial charge >= 0.3 is 11.9 Å². The molecule has 0 heterocycles. The molecule has 0 aromatic heterocycles. The maximum atomic E-state index is 10.8. The van der Waals surface area contributed by atoms with Crippen molar-refractivity contribution in [3.05, 3.63) is 24.8 Å². The van der Waals surface area contributed by atoms with Crippen molar-refractivity contribution in [3.8, 4) is 0 Å². The molecule has 0 saturated heterocycles. The van der Waals surface area contributed by atoms with Crippen molar-refractivity contribution in [2.45, 2.75) is 117 Å². The molecule has 0 aliphatic carbocycles. The van der Waals surface area contributed by atoms with Gasteiger partial charge in [0.05, 0.1) is 13.2 Å². The molecule has 0 aliphatic rings. The minimum atomic E-state index is -0.455. The number of esters is 2. The third-order valence-corrected chi connectivity index (χ3v) is 5.08. The van der Waals surface area contributed by atoms with Crippen LogP contribution in [0.3, 0.4) is 0 Å². The minimum Gasteiger partial charge on any atom is -0.463 e. The van der Waals surface area contributed by atoms with Gasteiger partial charge in [0.2, 0.25) is 0 Å². The number of hydrogen-bond acceptors (Lipinski definition) is 5. The van der Waals surface area contributed by atoms with Crippen LogP contribution in [0.1, 0.15) is 117 Å². The summed E-state index contributed by atoms with van der Waals surface area (Å²) in [5.74, 6) is -0.755. The normalized spacial score (nSPS) is 10.1. The molecule has 0 amide bonds. The second-order valence-corrected chi connectivity index (χ2v) is 8.31. The molecule has 0 aliphatic heterocycles. The molecule has 32 heavy (non-hydrogen) atoms. The van der Waals surface area contributed by atoms with Crippen LogP contribution >= 0.6 is 0 Å². The van der Waals surface area contributed by atoms with Crippen molar-refractivity contribution >= 4 is 11.9 Å². The van der Waals surface area contributed by atoms with Crippen molar-refractivity contribution in [1.29, 1.82) is 0 Å². The quantitative estimate of drug-likeness (QED) is 0.114. The van der Waals surface area contributed by atoms with Gasteiger partial charge < -0.3 is 14.6 Å². The zero-order valence-corrected chi connectivity index (χ0v) is 21.0. The van der Waals surface area contributed by atoms with Crippen LogP contribution in [0.15, 0.2) is 24.8 Å². The van der Waals surface area contributed by atoms with E-state index >= 15 is 0 Å². The molecule has 0 aromatic rings. The van der Waals surface area contributed by atoms with Crippen LogP contribution in [0.4, 0.5) is 0 Å². The Bertz CT molecular complexity index is 459. The molecule has 188 valence electrons. The highest BCUT2D eigenvalue weighted by molar-refractivity contribution is 5.86. The van der Waals surface area contributed by atoms with E-state index in [1.807, 2.05) is 0 Å². The minimum absolute atomic E-state index is 0.0473. The van der Waals surface area contributed by atoms with E-state index in [2.05, 4.69) is 24.8 Å². The van der Waals surface area contributed by atoms with Gasteiger partial charge in [-0.1, -0.05) is 116 Å². The van der Waals surface area contributed by atoms with Crippen LogP contribution in [0.25, 0.3) is 0 Å². The molecule has 0 unspecified atom stereocenters. The first kappa shape index (κ1) is 32.6. The Morgan fingerprint density at radius 1 is 0.719 bits per heavy atom. The summed E-state index contributed by atoms with van der Waals surface area (Å²) in [7, 11) is 0. The Morgan fingerprint density at radius 3 is 1.47 bits per heavy atom. The Kier molecular flexibility index (Phi) is 27.9. The summed E-state index contributed by atoms with van der Waals surface area (Å²) in [5, 5.41) is 8.19. The molecule has 5 heteroatoms. The lowest BCUT2D eigenvalue weighted by molar-refractivity contribution is -0.140. The number of rotatable bonds is 21. The lowest BCUT2D eigenvalue weighted by atomic mass is 10.0. The fraction of sp³-hybridized carbons (Fsp3) is 0.778. The average Bonchev–Trinajstić information content (AvgIpc) is 2.79. The van der Waals surface area contributed by atoms with Crippen molar-refractivity contribution < 1.29 is 24.2 Å². The monoisotopic (exact) mass is 454 g/mol. The topological polar surface area (TPSA) is 72.8 Å². The third-order valence-electron chi connectivity index (χ3n) is 5.08. The van der Waals surface area contributed by atoms with Gasteiger partial charge in [-0.25, -0.2) is 9.59 Å². The highest BCUT2D eigenvalue weighted by Gasteiger charge is 2.00. The largest absolute Gasteiger partial charge is 0.463 e. The number of carbonyl (C=O) groups is 2. The SMILES string of the molecule is C=C(C)C(=O)OCCO.C=CC(=O)OCCCCCCCCCCCCCCCCCC. The predicted molar refractivity (Wildman–Crippen MR) is 134 cm³/mol. The molecule has 0 fully saturated rings. The number of unbranched alkanes of at least 4 members (excludes halogenated alkanes) is 15. The van der Waals surface area contributed by atoms with Gasteiger partial charge in [0.15, 0.2) is 0 Å². The van der Waals surface area contributed by atoms with Gasteiger partial charge in [-0.15, -0.1) is 0 Å². The zero-order valence-electron chi connectivity index (χ0n) is 21.0. The van der Waals surface area contributed by atoms with Gasteiger partial charge in [0.25, 0.3) is 0 Å². The molecular formula is C27H50O5. The number of ether oxygens (including phenoxy) is 2. The second-order valence-electron chi connectivity index (χ2n) is 8.31. The summed E-state index contributed by atoms with van der Waals surface area (Å²) >= 11 is 0. The first-order valence-electron chi connectivity index (χ1n) is 12.7. The van der Waals surface area contributed by atoms with Crippen molar-refractivity contribution in [2.75, 3.05) is 19.8 Å². The summed E-state index contributed by atoms with van der Waals surface area (Å²) in [6, 6.07) is 0. The molecule has 0 spiro atoms. The van der Waals surface area contributed by atoms with E-state index in [0.29, 0.717) is 12.2 Å². The zero-order chi connectivity index (χ0) is 24.3. The summed E-state index contributed by atoms with van der Waals surface area (Å²) in [6.07, 6.45) is 23.0. The molecule has 0 bridgehead atoms. The summed E-state index contributed by atoms with van der Waals surface area (Å²) in [6.45, 7) is 11.0. The fourth-order valence-corrected chi connectivity index (χ4v) is 3.14. The van der Waals surface area contributed by atoms with Gasteiger partial charge in [0.1, 0.15) is 6.61 Å². The first-order valence-corrected chi connectivity index (χ1v) is 12.7. The number of aliphatic hydroxyl groups is 1. The Labute approximate surface area is 197 Å². The van der Waals surface area contributed by atoms with E-state index in [4.69, 9.17) is 9.84 Å².